The lowest BCUT2D eigenvalue weighted by molar-refractivity contribution is -0.141. The third kappa shape index (κ3) is 6.80. The third-order valence-electron chi connectivity index (χ3n) is 4.48. The van der Waals surface area contributed by atoms with E-state index in [9.17, 15) is 26.7 Å². The fourth-order valence-corrected chi connectivity index (χ4v) is 3.83. The van der Waals surface area contributed by atoms with Gasteiger partial charge in [0.1, 0.15) is 11.4 Å². The van der Waals surface area contributed by atoms with Crippen LogP contribution in [0.1, 0.15) is 12.6 Å². The quantitative estimate of drug-likeness (QED) is 0.155. The number of ether oxygens (including phenoxy) is 1. The molecule has 1 heterocycles. The molecule has 3 aromatic rings. The van der Waals surface area contributed by atoms with Crippen LogP contribution in [0.5, 0.6) is 5.75 Å². The lowest BCUT2D eigenvalue weighted by Gasteiger charge is -2.21. The van der Waals surface area contributed by atoms with Crippen molar-refractivity contribution < 1.29 is 31.5 Å². The topological polar surface area (TPSA) is 55.3 Å². The van der Waals surface area contributed by atoms with Crippen LogP contribution in [0.4, 0.5) is 27.6 Å². The number of carbonyl (C=O) groups excluding carboxylic acids is 1. The third-order valence-corrected chi connectivity index (χ3v) is 5.51. The van der Waals surface area contributed by atoms with E-state index in [0.717, 1.165) is 17.8 Å². The van der Waals surface area contributed by atoms with Gasteiger partial charge in [0.05, 0.1) is 10.9 Å². The molecule has 1 amide bonds. The van der Waals surface area contributed by atoms with E-state index in [0.29, 0.717) is 11.3 Å². The van der Waals surface area contributed by atoms with Gasteiger partial charge in [-0.3, -0.25) is 4.79 Å². The minimum absolute atomic E-state index is 0.0742. The number of carbonyl (C=O) groups is 1. The van der Waals surface area contributed by atoms with Crippen molar-refractivity contribution in [3.05, 3.63) is 66.4 Å². The van der Waals surface area contributed by atoms with E-state index in [1.54, 1.807) is 30.3 Å². The van der Waals surface area contributed by atoms with Gasteiger partial charge in [-0.15, -0.1) is 8.78 Å². The first-order valence-electron chi connectivity index (χ1n) is 9.65. The number of anilines is 1. The maximum Gasteiger partial charge on any atom is 0.487 e. The number of rotatable bonds is 7. The Bertz CT molecular complexity index is 1140. The van der Waals surface area contributed by atoms with Gasteiger partial charge >= 0.3 is 11.7 Å². The maximum absolute atomic E-state index is 13.4. The van der Waals surface area contributed by atoms with Gasteiger partial charge in [-0.2, -0.15) is 13.2 Å². The summed E-state index contributed by atoms with van der Waals surface area (Å²) < 4.78 is 69.9. The molecule has 0 bridgehead atoms. The van der Waals surface area contributed by atoms with Crippen LogP contribution in [0.25, 0.3) is 11.3 Å². The average molecular weight is 518 g/mol. The molecule has 2 aromatic carbocycles. The number of benzene rings is 2. The molecular formula is C22H17ClF5N3O2S. The molecule has 12 heteroatoms. The second-order valence-electron chi connectivity index (χ2n) is 6.98. The van der Waals surface area contributed by atoms with Crippen LogP contribution in [0.2, 0.25) is 0 Å². The highest BCUT2D eigenvalue weighted by molar-refractivity contribution is 8.00. The summed E-state index contributed by atoms with van der Waals surface area (Å²) in [6.07, 6.45) is -4.70. The van der Waals surface area contributed by atoms with E-state index >= 15 is 0 Å². The Hall–Kier alpha value is -2.92. The molecule has 0 aliphatic carbocycles. The SMILES string of the molecule is CC(Sc1nc(-c2ccccc2)cc(C(F)(F)F)n1)C(=O)N(C)c1ccc(OC(F)(F)Cl)cc1. The zero-order valence-corrected chi connectivity index (χ0v) is 19.3. The average Bonchev–Trinajstić information content (AvgIpc) is 2.77. The van der Waals surface area contributed by atoms with Gasteiger partial charge < -0.3 is 9.64 Å². The largest absolute Gasteiger partial charge is 0.487 e. The normalized spacial score (nSPS) is 12.8. The highest BCUT2D eigenvalue weighted by atomic mass is 35.5. The molecule has 1 aromatic heterocycles. The second kappa shape index (κ2) is 10.1. The zero-order valence-electron chi connectivity index (χ0n) is 17.7. The second-order valence-corrected chi connectivity index (χ2v) is 8.73. The molecule has 1 atom stereocenters. The van der Waals surface area contributed by atoms with Gasteiger partial charge in [0.15, 0.2) is 5.16 Å². The number of hydrogen-bond acceptors (Lipinski definition) is 5. The number of halogens is 6. The highest BCUT2D eigenvalue weighted by Crippen LogP contribution is 2.33. The number of amides is 1. The molecule has 0 aliphatic heterocycles. The van der Waals surface area contributed by atoms with Gasteiger partial charge in [0.25, 0.3) is 0 Å². The Morgan fingerprint density at radius 2 is 1.65 bits per heavy atom. The first kappa shape index (κ1) is 25.7. The Labute approximate surface area is 200 Å². The molecule has 5 nitrogen and oxygen atoms in total. The number of thioether (sulfide) groups is 1. The minimum Gasteiger partial charge on any atom is -0.420 e. The van der Waals surface area contributed by atoms with E-state index in [4.69, 9.17) is 11.6 Å². The molecule has 3 rings (SSSR count). The Kier molecular flexibility index (Phi) is 7.67. The van der Waals surface area contributed by atoms with Gasteiger partial charge in [-0.1, -0.05) is 42.1 Å². The van der Waals surface area contributed by atoms with Crippen molar-refractivity contribution in [2.24, 2.45) is 0 Å². The van der Waals surface area contributed by atoms with Crippen LogP contribution in [-0.4, -0.2) is 33.7 Å². The van der Waals surface area contributed by atoms with E-state index in [-0.39, 0.29) is 16.6 Å². The molecule has 180 valence electrons. The molecule has 0 saturated heterocycles. The van der Waals surface area contributed by atoms with Crippen molar-refractivity contribution in [2.45, 2.75) is 29.1 Å². The van der Waals surface area contributed by atoms with Crippen molar-refractivity contribution in [2.75, 3.05) is 11.9 Å². The molecule has 0 aliphatic rings. The summed E-state index contributed by atoms with van der Waals surface area (Å²) in [4.78, 5) is 21.9. The van der Waals surface area contributed by atoms with Crippen LogP contribution >= 0.6 is 23.4 Å². The van der Waals surface area contributed by atoms with Crippen molar-refractivity contribution >= 4 is 35.0 Å². The molecule has 0 spiro atoms. The summed E-state index contributed by atoms with van der Waals surface area (Å²) in [5, 5.41) is -1.07. The molecule has 0 saturated carbocycles. The van der Waals surface area contributed by atoms with Crippen molar-refractivity contribution in [1.29, 1.82) is 0 Å². The maximum atomic E-state index is 13.4. The summed E-state index contributed by atoms with van der Waals surface area (Å²) in [6.45, 7) is 1.50. The fourth-order valence-electron chi connectivity index (χ4n) is 2.86. The monoisotopic (exact) mass is 517 g/mol. The Morgan fingerprint density at radius 3 is 2.21 bits per heavy atom. The van der Waals surface area contributed by atoms with Crippen LogP contribution in [-0.2, 0) is 11.0 Å². The van der Waals surface area contributed by atoms with Gasteiger partial charge in [-0.05, 0) is 37.3 Å². The van der Waals surface area contributed by atoms with E-state index < -0.39 is 28.6 Å². The summed E-state index contributed by atoms with van der Waals surface area (Å²) in [5.41, 5.74) is -4.11. The Balaban J connectivity index is 1.80. The first-order chi connectivity index (χ1) is 15.8. The minimum atomic E-state index is -4.70. The predicted octanol–water partition coefficient (Wildman–Crippen LogP) is 6.47. The number of nitrogens with zero attached hydrogens (tertiary/aromatic N) is 3. The standard InChI is InChI=1S/C22H17ClF5N3O2S/c1-13(19(32)31(2)15-8-10-16(11-9-15)33-22(23,27)28)34-20-29-17(14-6-4-3-5-7-14)12-18(30-20)21(24,25)26/h3-13H,1-2H3. The zero-order chi connectivity index (χ0) is 25.1. The smallest absolute Gasteiger partial charge is 0.420 e. The molecule has 0 N–H and O–H groups in total. The highest BCUT2D eigenvalue weighted by Gasteiger charge is 2.34. The summed E-state index contributed by atoms with van der Waals surface area (Å²) in [6, 6.07) is 14.3. The molecule has 0 radical (unpaired) electrons. The molecular weight excluding hydrogens is 501 g/mol. The van der Waals surface area contributed by atoms with Crippen LogP contribution in [0.3, 0.4) is 0 Å². The van der Waals surface area contributed by atoms with Crippen molar-refractivity contribution in [3.8, 4) is 17.0 Å². The molecule has 1 unspecified atom stereocenters. The Morgan fingerprint density at radius 1 is 1.03 bits per heavy atom. The van der Waals surface area contributed by atoms with Crippen LogP contribution < -0.4 is 9.64 Å². The van der Waals surface area contributed by atoms with E-state index in [1.165, 1.54) is 43.1 Å². The lowest BCUT2D eigenvalue weighted by atomic mass is 10.1. The summed E-state index contributed by atoms with van der Waals surface area (Å²) in [7, 11) is 1.44. The number of aromatic nitrogens is 2. The van der Waals surface area contributed by atoms with Gasteiger partial charge in [-0.25, -0.2) is 9.97 Å². The van der Waals surface area contributed by atoms with E-state index in [1.807, 2.05) is 0 Å². The first-order valence-corrected chi connectivity index (χ1v) is 10.9. The lowest BCUT2D eigenvalue weighted by Crippen LogP contribution is -2.33. The van der Waals surface area contributed by atoms with Crippen molar-refractivity contribution in [1.82, 2.24) is 9.97 Å². The molecule has 34 heavy (non-hydrogen) atoms. The summed E-state index contributed by atoms with van der Waals surface area (Å²) in [5.74, 6) is -0.679. The predicted molar refractivity (Wildman–Crippen MR) is 119 cm³/mol. The van der Waals surface area contributed by atoms with Crippen molar-refractivity contribution in [3.63, 3.8) is 0 Å². The van der Waals surface area contributed by atoms with Crippen LogP contribution in [0.15, 0.2) is 65.8 Å². The van der Waals surface area contributed by atoms with Crippen LogP contribution in [0, 0.1) is 0 Å². The van der Waals surface area contributed by atoms with Gasteiger partial charge in [0.2, 0.25) is 5.91 Å². The number of alkyl halides is 6. The molecule has 0 fully saturated rings. The van der Waals surface area contributed by atoms with Gasteiger partial charge in [0, 0.05) is 29.9 Å². The fraction of sp³-hybridized carbons (Fsp3) is 0.227. The summed E-state index contributed by atoms with van der Waals surface area (Å²) >= 11 is 5.49. The van der Waals surface area contributed by atoms with E-state index in [2.05, 4.69) is 14.7 Å². The number of hydrogen-bond donors (Lipinski definition) is 0.